The minimum Gasteiger partial charge on any atom is -0.396 e. The zero-order chi connectivity index (χ0) is 13.1. The van der Waals surface area contributed by atoms with E-state index in [-0.39, 0.29) is 6.17 Å². The molecule has 6 heteroatoms. The number of hydrogen-bond donors (Lipinski definition) is 5. The molecule has 0 aromatic carbocycles. The van der Waals surface area contributed by atoms with E-state index in [2.05, 4.69) is 24.5 Å². The average molecular weight is 275 g/mol. The first kappa shape index (κ1) is 14.6. The molecule has 2 rings (SSSR count). The largest absolute Gasteiger partial charge is 0.396 e. The van der Waals surface area contributed by atoms with Crippen molar-refractivity contribution in [2.24, 2.45) is 11.7 Å². The van der Waals surface area contributed by atoms with Gasteiger partial charge in [0, 0.05) is 19.1 Å². The quantitative estimate of drug-likeness (QED) is 0.417. The Balaban J connectivity index is 1.83. The molecule has 6 atom stereocenters. The van der Waals surface area contributed by atoms with Gasteiger partial charge in [-0.15, -0.1) is 0 Å². The summed E-state index contributed by atoms with van der Waals surface area (Å²) >= 11 is 1.99. The minimum absolute atomic E-state index is 0.0999. The summed E-state index contributed by atoms with van der Waals surface area (Å²) in [4.78, 5) is 1.62. The zero-order valence-electron chi connectivity index (χ0n) is 11.4. The molecule has 0 aromatic rings. The predicted octanol–water partition coefficient (Wildman–Crippen LogP) is -1.85. The van der Waals surface area contributed by atoms with Gasteiger partial charge >= 0.3 is 0 Å². The van der Waals surface area contributed by atoms with Crippen molar-refractivity contribution in [1.82, 2.24) is 10.6 Å². The Hall–Kier alpha value is 0.150. The monoisotopic (exact) mass is 275 g/mol. The first-order chi connectivity index (χ1) is 8.61. The lowest BCUT2D eigenvalue weighted by Gasteiger charge is -2.36. The van der Waals surface area contributed by atoms with Gasteiger partial charge < -0.3 is 21.1 Å². The van der Waals surface area contributed by atoms with Gasteiger partial charge in [-0.25, -0.2) is 0 Å². The SMILES string of the molecule is CC1NCC(C[NH+]2CSC(CCO)C2C)C(N)N1. The van der Waals surface area contributed by atoms with Crippen LogP contribution in [-0.2, 0) is 0 Å². The van der Waals surface area contributed by atoms with Crippen LogP contribution in [0.2, 0.25) is 0 Å². The summed E-state index contributed by atoms with van der Waals surface area (Å²) in [6.45, 7) is 6.83. The fourth-order valence-electron chi connectivity index (χ4n) is 2.93. The molecule has 6 unspecified atom stereocenters. The molecule has 6 N–H and O–H groups in total. The fraction of sp³-hybridized carbons (Fsp3) is 1.00. The summed E-state index contributed by atoms with van der Waals surface area (Å²) in [5.41, 5.74) is 6.18. The topological polar surface area (TPSA) is 74.8 Å². The Labute approximate surface area is 114 Å². The fourth-order valence-corrected chi connectivity index (χ4v) is 4.49. The van der Waals surface area contributed by atoms with Crippen LogP contribution in [0.3, 0.4) is 0 Å². The van der Waals surface area contributed by atoms with E-state index >= 15 is 0 Å². The Morgan fingerprint density at radius 1 is 1.44 bits per heavy atom. The molecule has 2 heterocycles. The maximum absolute atomic E-state index is 9.06. The highest BCUT2D eigenvalue weighted by Gasteiger charge is 2.38. The summed E-state index contributed by atoms with van der Waals surface area (Å²) in [7, 11) is 0. The second-order valence-electron chi connectivity index (χ2n) is 5.60. The van der Waals surface area contributed by atoms with Crippen LogP contribution in [0, 0.1) is 5.92 Å². The summed E-state index contributed by atoms with van der Waals surface area (Å²) in [5.74, 6) is 1.64. The molecule has 0 saturated carbocycles. The van der Waals surface area contributed by atoms with Crippen molar-refractivity contribution in [2.75, 3.05) is 25.6 Å². The molecule has 0 aliphatic carbocycles. The van der Waals surface area contributed by atoms with Crippen molar-refractivity contribution >= 4 is 11.8 Å². The number of rotatable bonds is 4. The summed E-state index contributed by atoms with van der Waals surface area (Å²) in [6.07, 6.45) is 1.33. The number of nitrogens with two attached hydrogens (primary N) is 1. The van der Waals surface area contributed by atoms with E-state index in [1.165, 1.54) is 0 Å². The zero-order valence-corrected chi connectivity index (χ0v) is 12.2. The Morgan fingerprint density at radius 2 is 2.22 bits per heavy atom. The van der Waals surface area contributed by atoms with E-state index in [1.54, 1.807) is 4.90 Å². The van der Waals surface area contributed by atoms with Gasteiger partial charge in [0.1, 0.15) is 5.88 Å². The van der Waals surface area contributed by atoms with E-state index < -0.39 is 0 Å². The molecule has 0 amide bonds. The van der Waals surface area contributed by atoms with E-state index in [1.807, 2.05) is 11.8 Å². The van der Waals surface area contributed by atoms with Crippen molar-refractivity contribution in [1.29, 1.82) is 0 Å². The minimum atomic E-state index is 0.0999. The summed E-state index contributed by atoms with van der Waals surface area (Å²) in [5, 5.41) is 16.5. The molecule has 18 heavy (non-hydrogen) atoms. The van der Waals surface area contributed by atoms with Crippen molar-refractivity contribution in [2.45, 2.75) is 43.9 Å². The van der Waals surface area contributed by atoms with Crippen LogP contribution in [-0.4, -0.2) is 54.3 Å². The Bertz CT molecular complexity index is 268. The van der Waals surface area contributed by atoms with E-state index in [9.17, 15) is 0 Å². The van der Waals surface area contributed by atoms with Crippen LogP contribution in [0.25, 0.3) is 0 Å². The van der Waals surface area contributed by atoms with Gasteiger partial charge in [-0.1, -0.05) is 11.8 Å². The van der Waals surface area contributed by atoms with Gasteiger partial charge in [0.25, 0.3) is 0 Å². The van der Waals surface area contributed by atoms with Crippen molar-refractivity contribution < 1.29 is 10.0 Å². The highest BCUT2D eigenvalue weighted by Crippen LogP contribution is 2.20. The number of thioether (sulfide) groups is 1. The molecule has 0 aromatic heterocycles. The molecule has 0 spiro atoms. The van der Waals surface area contributed by atoms with Crippen LogP contribution in [0.15, 0.2) is 0 Å². The van der Waals surface area contributed by atoms with Crippen LogP contribution in [0.1, 0.15) is 20.3 Å². The first-order valence-corrected chi connectivity index (χ1v) is 7.98. The van der Waals surface area contributed by atoms with Crippen LogP contribution in [0.5, 0.6) is 0 Å². The third-order valence-electron chi connectivity index (χ3n) is 4.26. The first-order valence-electron chi connectivity index (χ1n) is 6.94. The predicted molar refractivity (Wildman–Crippen MR) is 75.3 cm³/mol. The lowest BCUT2D eigenvalue weighted by molar-refractivity contribution is -0.908. The van der Waals surface area contributed by atoms with Gasteiger partial charge in [-0.3, -0.25) is 5.32 Å². The van der Waals surface area contributed by atoms with Gasteiger partial charge in [-0.05, 0) is 20.3 Å². The molecule has 2 aliphatic heterocycles. The molecule has 2 aliphatic rings. The highest BCUT2D eigenvalue weighted by atomic mass is 32.2. The maximum atomic E-state index is 9.06. The van der Waals surface area contributed by atoms with E-state index in [0.29, 0.717) is 30.0 Å². The van der Waals surface area contributed by atoms with Gasteiger partial charge in [-0.2, -0.15) is 0 Å². The molecule has 2 fully saturated rings. The second kappa shape index (κ2) is 6.54. The second-order valence-corrected chi connectivity index (χ2v) is 6.82. The number of aliphatic hydroxyl groups is 1. The third-order valence-corrected chi connectivity index (χ3v) is 5.87. The maximum Gasteiger partial charge on any atom is 0.125 e. The van der Waals surface area contributed by atoms with Crippen LogP contribution >= 0.6 is 11.8 Å². The summed E-state index contributed by atoms with van der Waals surface area (Å²) in [6, 6.07) is 0.619. The normalized spacial score (nSPS) is 45.3. The number of nitrogens with one attached hydrogen (secondary N) is 3. The number of quaternary nitrogens is 1. The molecule has 0 bridgehead atoms. The van der Waals surface area contributed by atoms with Gasteiger partial charge in [0.15, 0.2) is 0 Å². The molecular formula is C12H27N4OS+. The van der Waals surface area contributed by atoms with E-state index in [4.69, 9.17) is 10.8 Å². The third kappa shape index (κ3) is 3.37. The van der Waals surface area contributed by atoms with Gasteiger partial charge in [0.2, 0.25) is 0 Å². The standard InChI is InChI=1S/C12H26N4OS/c1-8-11(3-4-17)18-7-16(8)6-10-5-14-9(2)15-12(10)13/h8-12,14-15,17H,3-7,13H2,1-2H3/p+1. The molecular weight excluding hydrogens is 248 g/mol. The molecule has 0 radical (unpaired) electrons. The van der Waals surface area contributed by atoms with Crippen LogP contribution in [0.4, 0.5) is 0 Å². The summed E-state index contributed by atoms with van der Waals surface area (Å²) < 4.78 is 0. The molecule has 2 saturated heterocycles. The molecule has 5 nitrogen and oxygen atoms in total. The highest BCUT2D eigenvalue weighted by molar-refractivity contribution is 7.99. The average Bonchev–Trinajstić information content (AvgIpc) is 2.66. The lowest BCUT2D eigenvalue weighted by Crippen LogP contribution is -3.14. The number of hydrogen-bond acceptors (Lipinski definition) is 5. The van der Waals surface area contributed by atoms with Crippen molar-refractivity contribution in [3.05, 3.63) is 0 Å². The van der Waals surface area contributed by atoms with E-state index in [0.717, 1.165) is 25.4 Å². The lowest BCUT2D eigenvalue weighted by atomic mass is 10.0. The van der Waals surface area contributed by atoms with Crippen molar-refractivity contribution in [3.8, 4) is 0 Å². The Kier molecular flexibility index (Phi) is 5.29. The van der Waals surface area contributed by atoms with Crippen molar-refractivity contribution in [3.63, 3.8) is 0 Å². The van der Waals surface area contributed by atoms with Crippen LogP contribution < -0.4 is 21.3 Å². The molecule has 106 valence electrons. The number of aliphatic hydroxyl groups excluding tert-OH is 1. The Morgan fingerprint density at radius 3 is 2.89 bits per heavy atom. The smallest absolute Gasteiger partial charge is 0.125 e. The van der Waals surface area contributed by atoms with Gasteiger partial charge in [0.05, 0.1) is 30.2 Å².